The van der Waals surface area contributed by atoms with Gasteiger partial charge < -0.3 is 10.3 Å². The highest BCUT2D eigenvalue weighted by Crippen LogP contribution is 2.15. The van der Waals surface area contributed by atoms with Crippen LogP contribution in [0, 0.1) is 0 Å². The molecule has 0 aromatic carbocycles. The van der Waals surface area contributed by atoms with Crippen LogP contribution < -0.4 is 10.9 Å². The Morgan fingerprint density at radius 3 is 2.72 bits per heavy atom. The number of nitrogens with one attached hydrogen (secondary N) is 2. The van der Waals surface area contributed by atoms with Gasteiger partial charge in [-0.1, -0.05) is 6.42 Å². The quantitative estimate of drug-likeness (QED) is 0.860. The molecule has 1 atom stereocenters. The minimum absolute atomic E-state index is 0.0399. The molecule has 1 aliphatic heterocycles. The van der Waals surface area contributed by atoms with Crippen LogP contribution in [0.4, 0.5) is 0 Å². The topological polar surface area (TPSA) is 91.0 Å². The molecule has 7 nitrogen and oxygen atoms in total. The normalized spacial score (nSPS) is 16.4. The summed E-state index contributed by atoms with van der Waals surface area (Å²) in [5, 5.41) is 2.94. The van der Waals surface area contributed by atoms with Crippen LogP contribution in [0.1, 0.15) is 37.9 Å². The number of amides is 1. The number of carbonyl (C=O) groups is 1. The molecule has 0 radical (unpaired) electrons. The number of hydrogen-bond donors (Lipinski definition) is 2. The fraction of sp³-hybridized carbons (Fsp3) is 0.444. The smallest absolute Gasteiger partial charge is 0.251 e. The van der Waals surface area contributed by atoms with E-state index in [-0.39, 0.29) is 17.5 Å². The number of hydrogen-bond acceptors (Lipinski definition) is 5. The van der Waals surface area contributed by atoms with Gasteiger partial charge in [-0.2, -0.15) is 0 Å². The number of carbonyl (C=O) groups excluding carboxylic acids is 1. The Bertz CT molecular complexity index is 769. The van der Waals surface area contributed by atoms with Gasteiger partial charge in [0.05, 0.1) is 18.3 Å². The minimum atomic E-state index is -0.333. The number of piperidine rings is 1. The van der Waals surface area contributed by atoms with Crippen LogP contribution >= 0.6 is 0 Å². The Labute approximate surface area is 146 Å². The van der Waals surface area contributed by atoms with Gasteiger partial charge in [0, 0.05) is 24.0 Å². The summed E-state index contributed by atoms with van der Waals surface area (Å²) in [5.74, 6) is 0.434. The van der Waals surface area contributed by atoms with Crippen LogP contribution in [0.15, 0.2) is 35.4 Å². The van der Waals surface area contributed by atoms with Crippen molar-refractivity contribution in [3.05, 3.63) is 46.6 Å². The average Bonchev–Trinajstić information content (AvgIpc) is 2.62. The van der Waals surface area contributed by atoms with Gasteiger partial charge in [0.25, 0.3) is 5.56 Å². The summed E-state index contributed by atoms with van der Waals surface area (Å²) in [6, 6.07) is 4.65. The fourth-order valence-electron chi connectivity index (χ4n) is 3.03. The Kier molecular flexibility index (Phi) is 5.55. The number of aromatic amines is 1. The summed E-state index contributed by atoms with van der Waals surface area (Å²) in [5.41, 5.74) is 1.08. The van der Waals surface area contributed by atoms with Gasteiger partial charge in [0.15, 0.2) is 0 Å². The zero-order valence-corrected chi connectivity index (χ0v) is 14.4. The van der Waals surface area contributed by atoms with Crippen LogP contribution in [-0.4, -0.2) is 45.4 Å². The summed E-state index contributed by atoms with van der Waals surface area (Å²) < 4.78 is 0. The number of H-pyrrole nitrogens is 1. The SMILES string of the molecule is C[C@@H](NC(=O)CN1CCCCC1)c1cc(=O)[nH]c(-c2ccncc2)n1. The van der Waals surface area contributed by atoms with Crippen molar-refractivity contribution in [3.63, 3.8) is 0 Å². The minimum Gasteiger partial charge on any atom is -0.347 e. The second kappa shape index (κ2) is 8.02. The van der Waals surface area contributed by atoms with Crippen molar-refractivity contribution in [2.24, 2.45) is 0 Å². The summed E-state index contributed by atoms with van der Waals surface area (Å²) >= 11 is 0. The van der Waals surface area contributed by atoms with E-state index in [4.69, 9.17) is 0 Å². The zero-order chi connectivity index (χ0) is 17.6. The van der Waals surface area contributed by atoms with Crippen molar-refractivity contribution < 1.29 is 4.79 Å². The van der Waals surface area contributed by atoms with E-state index < -0.39 is 0 Å². The molecule has 1 amide bonds. The van der Waals surface area contributed by atoms with E-state index >= 15 is 0 Å². The molecule has 0 spiro atoms. The molecular weight excluding hydrogens is 318 g/mol. The summed E-state index contributed by atoms with van der Waals surface area (Å²) in [6.07, 6.45) is 6.82. The van der Waals surface area contributed by atoms with Gasteiger partial charge in [-0.15, -0.1) is 0 Å². The maximum absolute atomic E-state index is 12.3. The maximum Gasteiger partial charge on any atom is 0.251 e. The number of aromatic nitrogens is 3. The first kappa shape index (κ1) is 17.3. The third-order valence-electron chi connectivity index (χ3n) is 4.35. The molecule has 0 aliphatic carbocycles. The Morgan fingerprint density at radius 2 is 2.00 bits per heavy atom. The predicted molar refractivity (Wildman–Crippen MR) is 94.9 cm³/mol. The van der Waals surface area contributed by atoms with Crippen molar-refractivity contribution in [1.29, 1.82) is 0 Å². The molecule has 3 heterocycles. The molecule has 25 heavy (non-hydrogen) atoms. The largest absolute Gasteiger partial charge is 0.347 e. The molecule has 2 N–H and O–H groups in total. The van der Waals surface area contributed by atoms with Crippen molar-refractivity contribution in [2.75, 3.05) is 19.6 Å². The van der Waals surface area contributed by atoms with E-state index in [1.54, 1.807) is 24.5 Å². The highest BCUT2D eigenvalue weighted by atomic mass is 16.2. The third kappa shape index (κ3) is 4.73. The first-order chi connectivity index (χ1) is 12.1. The van der Waals surface area contributed by atoms with Crippen molar-refractivity contribution in [2.45, 2.75) is 32.2 Å². The van der Waals surface area contributed by atoms with Crippen LogP contribution in [0.3, 0.4) is 0 Å². The van der Waals surface area contributed by atoms with Gasteiger partial charge in [0.2, 0.25) is 5.91 Å². The van der Waals surface area contributed by atoms with Gasteiger partial charge in [-0.3, -0.25) is 19.5 Å². The van der Waals surface area contributed by atoms with E-state index in [9.17, 15) is 9.59 Å². The van der Waals surface area contributed by atoms with E-state index in [0.717, 1.165) is 31.5 Å². The van der Waals surface area contributed by atoms with E-state index in [1.165, 1.54) is 12.5 Å². The molecule has 1 fully saturated rings. The number of nitrogens with zero attached hydrogens (tertiary/aromatic N) is 3. The number of pyridine rings is 1. The highest BCUT2D eigenvalue weighted by Gasteiger charge is 2.17. The van der Waals surface area contributed by atoms with Gasteiger partial charge in [-0.05, 0) is 45.0 Å². The van der Waals surface area contributed by atoms with Crippen molar-refractivity contribution in [1.82, 2.24) is 25.2 Å². The van der Waals surface area contributed by atoms with E-state index in [0.29, 0.717) is 18.1 Å². The molecule has 1 aliphatic rings. The van der Waals surface area contributed by atoms with Crippen LogP contribution in [0.5, 0.6) is 0 Å². The second-order valence-corrected chi connectivity index (χ2v) is 6.38. The van der Waals surface area contributed by atoms with Gasteiger partial charge >= 0.3 is 0 Å². The predicted octanol–water partition coefficient (Wildman–Crippen LogP) is 1.49. The molecule has 132 valence electrons. The molecule has 2 aromatic rings. The van der Waals surface area contributed by atoms with E-state index in [2.05, 4.69) is 25.2 Å². The molecule has 1 saturated heterocycles. The average molecular weight is 341 g/mol. The molecular formula is C18H23N5O2. The lowest BCUT2D eigenvalue weighted by Crippen LogP contribution is -2.40. The molecule has 7 heteroatoms. The maximum atomic E-state index is 12.3. The fourth-order valence-corrected chi connectivity index (χ4v) is 3.03. The van der Waals surface area contributed by atoms with Crippen LogP contribution in [0.2, 0.25) is 0 Å². The van der Waals surface area contributed by atoms with Crippen LogP contribution in [0.25, 0.3) is 11.4 Å². The Balaban J connectivity index is 1.69. The van der Waals surface area contributed by atoms with Crippen molar-refractivity contribution >= 4 is 5.91 Å². The summed E-state index contributed by atoms with van der Waals surface area (Å²) in [6.45, 7) is 4.17. The standard InChI is InChI=1S/C18H23N5O2/c1-13(20-17(25)12-23-9-3-2-4-10-23)15-11-16(24)22-18(21-15)14-5-7-19-8-6-14/h5-8,11,13H,2-4,9-10,12H2,1H3,(H,20,25)(H,21,22,24)/t13-/m1/s1. The molecule has 0 unspecified atom stereocenters. The first-order valence-corrected chi connectivity index (χ1v) is 8.65. The van der Waals surface area contributed by atoms with Crippen LogP contribution in [-0.2, 0) is 4.79 Å². The zero-order valence-electron chi connectivity index (χ0n) is 14.4. The third-order valence-corrected chi connectivity index (χ3v) is 4.35. The first-order valence-electron chi connectivity index (χ1n) is 8.65. The highest BCUT2D eigenvalue weighted by molar-refractivity contribution is 5.78. The Hall–Kier alpha value is -2.54. The molecule has 3 rings (SSSR count). The Morgan fingerprint density at radius 1 is 1.28 bits per heavy atom. The molecule has 0 bridgehead atoms. The van der Waals surface area contributed by atoms with Crippen molar-refractivity contribution in [3.8, 4) is 11.4 Å². The monoisotopic (exact) mass is 341 g/mol. The number of likely N-dealkylation sites (tertiary alicyclic amines) is 1. The lowest BCUT2D eigenvalue weighted by atomic mass is 10.1. The molecule has 2 aromatic heterocycles. The van der Waals surface area contributed by atoms with Gasteiger partial charge in [-0.25, -0.2) is 4.98 Å². The summed E-state index contributed by atoms with van der Waals surface area (Å²) in [7, 11) is 0. The lowest BCUT2D eigenvalue weighted by molar-refractivity contribution is -0.123. The molecule has 0 saturated carbocycles. The number of rotatable bonds is 5. The van der Waals surface area contributed by atoms with Gasteiger partial charge in [0.1, 0.15) is 5.82 Å². The second-order valence-electron chi connectivity index (χ2n) is 6.38. The summed E-state index contributed by atoms with van der Waals surface area (Å²) in [4.78, 5) is 37.6. The lowest BCUT2D eigenvalue weighted by Gasteiger charge is -2.26. The van der Waals surface area contributed by atoms with E-state index in [1.807, 2.05) is 6.92 Å².